The lowest BCUT2D eigenvalue weighted by molar-refractivity contribution is 0.350. The molecule has 0 aliphatic heterocycles. The summed E-state index contributed by atoms with van der Waals surface area (Å²) in [4.78, 5) is -0.0793. The molecule has 4 nitrogen and oxygen atoms in total. The lowest BCUT2D eigenvalue weighted by Crippen LogP contribution is -2.36. The smallest absolute Gasteiger partial charge is 0.242 e. The topological polar surface area (TPSA) is 66.4 Å². The molecule has 0 amide bonds. The third kappa shape index (κ3) is 5.32. The second-order valence-electron chi connectivity index (χ2n) is 4.28. The maximum Gasteiger partial charge on any atom is 0.242 e. The van der Waals surface area contributed by atoms with Crippen molar-refractivity contribution in [2.45, 2.75) is 24.3 Å². The van der Waals surface area contributed by atoms with Crippen molar-refractivity contribution in [3.05, 3.63) is 29.6 Å². The van der Waals surface area contributed by atoms with Gasteiger partial charge in [0.15, 0.2) is 0 Å². The van der Waals surface area contributed by atoms with Gasteiger partial charge in [-0.3, -0.25) is 0 Å². The van der Waals surface area contributed by atoms with Crippen molar-refractivity contribution in [2.75, 3.05) is 18.6 Å². The molecule has 0 aromatic heterocycles. The van der Waals surface area contributed by atoms with Crippen LogP contribution in [0.5, 0.6) is 0 Å². The first-order valence-corrected chi connectivity index (χ1v) is 9.22. The van der Waals surface area contributed by atoms with E-state index < -0.39 is 22.4 Å². The van der Waals surface area contributed by atoms with Gasteiger partial charge in [-0.25, -0.2) is 17.5 Å². The summed E-state index contributed by atoms with van der Waals surface area (Å²) < 4.78 is 40.7. The summed E-state index contributed by atoms with van der Waals surface area (Å²) in [6.07, 6.45) is 2.55. The van der Waals surface area contributed by atoms with E-state index in [0.717, 1.165) is 12.1 Å². The Bertz CT molecular complexity index is 635. The first-order chi connectivity index (χ1) is 9.94. The van der Waals surface area contributed by atoms with Gasteiger partial charge in [0.05, 0.1) is 4.90 Å². The van der Waals surface area contributed by atoms with Crippen LogP contribution >= 0.6 is 11.8 Å². The molecule has 0 fully saturated rings. The third-order valence-electron chi connectivity index (χ3n) is 2.72. The Morgan fingerprint density at radius 1 is 1.48 bits per heavy atom. The lowest BCUT2D eigenvalue weighted by Gasteiger charge is -2.16. The van der Waals surface area contributed by atoms with E-state index >= 15 is 0 Å². The van der Waals surface area contributed by atoms with Gasteiger partial charge in [-0.2, -0.15) is 11.8 Å². The maximum atomic E-state index is 13.3. The van der Waals surface area contributed by atoms with E-state index in [2.05, 4.69) is 16.6 Å². The second-order valence-corrected chi connectivity index (χ2v) is 6.88. The molecule has 0 radical (unpaired) electrons. The molecule has 1 aromatic rings. The Hall–Kier alpha value is -1.07. The predicted molar refractivity (Wildman–Crippen MR) is 83.1 cm³/mol. The molecule has 0 saturated carbocycles. The molecule has 0 bridgehead atoms. The molecule has 1 unspecified atom stereocenters. The van der Waals surface area contributed by atoms with Crippen LogP contribution in [0.4, 0.5) is 4.39 Å². The SMILES string of the molecule is CCC(CSC)NS(=O)(=O)c1ccc(F)cc1C#CCO. The number of hydrogen-bond acceptors (Lipinski definition) is 4. The summed E-state index contributed by atoms with van der Waals surface area (Å²) in [5.41, 5.74) is 0.0376. The molecule has 2 N–H and O–H groups in total. The first kappa shape index (κ1) is 18.0. The Labute approximate surface area is 129 Å². The number of nitrogens with one attached hydrogen (secondary N) is 1. The second kappa shape index (κ2) is 8.39. The number of halogens is 1. The number of aliphatic hydroxyl groups excluding tert-OH is 1. The van der Waals surface area contributed by atoms with Gasteiger partial charge < -0.3 is 5.11 Å². The molecule has 0 aliphatic rings. The fourth-order valence-electron chi connectivity index (χ4n) is 1.69. The minimum Gasteiger partial charge on any atom is -0.384 e. The van der Waals surface area contributed by atoms with Crippen LogP contribution in [0.3, 0.4) is 0 Å². The van der Waals surface area contributed by atoms with Crippen LogP contribution in [0.2, 0.25) is 0 Å². The molecular weight excluding hydrogens is 313 g/mol. The standard InChI is InChI=1S/C14H18FNO3S2/c1-3-13(10-20-2)16-21(18,19)14-7-6-12(15)9-11(14)5-4-8-17/h6-7,9,13,16-17H,3,8,10H2,1-2H3. The van der Waals surface area contributed by atoms with Gasteiger partial charge in [0.2, 0.25) is 10.0 Å². The van der Waals surface area contributed by atoms with Crippen molar-refractivity contribution in [1.82, 2.24) is 4.72 Å². The Balaban J connectivity index is 3.18. The normalized spacial score (nSPS) is 12.6. The Kier molecular flexibility index (Phi) is 7.18. The van der Waals surface area contributed by atoms with E-state index in [1.54, 1.807) is 11.8 Å². The molecule has 1 rings (SSSR count). The zero-order valence-corrected chi connectivity index (χ0v) is 13.5. The lowest BCUT2D eigenvalue weighted by atomic mass is 10.2. The van der Waals surface area contributed by atoms with Crippen molar-refractivity contribution >= 4 is 21.8 Å². The molecule has 0 saturated heterocycles. The summed E-state index contributed by atoms with van der Waals surface area (Å²) in [6, 6.07) is 3.11. The highest BCUT2D eigenvalue weighted by Gasteiger charge is 2.21. The fourth-order valence-corrected chi connectivity index (χ4v) is 3.98. The number of aliphatic hydroxyl groups is 1. The molecular formula is C14H18FNO3S2. The highest BCUT2D eigenvalue weighted by Crippen LogP contribution is 2.17. The van der Waals surface area contributed by atoms with Gasteiger partial charge in [0.25, 0.3) is 0 Å². The minimum atomic E-state index is -3.79. The highest BCUT2D eigenvalue weighted by atomic mass is 32.2. The van der Waals surface area contributed by atoms with Crippen LogP contribution in [0.15, 0.2) is 23.1 Å². The van der Waals surface area contributed by atoms with Gasteiger partial charge in [-0.1, -0.05) is 18.8 Å². The van der Waals surface area contributed by atoms with E-state index in [1.807, 2.05) is 13.2 Å². The number of hydrogen-bond donors (Lipinski definition) is 2. The van der Waals surface area contributed by atoms with Gasteiger partial charge in [-0.05, 0) is 30.9 Å². The van der Waals surface area contributed by atoms with Gasteiger partial charge in [0, 0.05) is 17.4 Å². The van der Waals surface area contributed by atoms with Crippen molar-refractivity contribution in [3.63, 3.8) is 0 Å². The van der Waals surface area contributed by atoms with E-state index in [0.29, 0.717) is 12.2 Å². The zero-order valence-electron chi connectivity index (χ0n) is 11.9. The average molecular weight is 331 g/mol. The van der Waals surface area contributed by atoms with Crippen molar-refractivity contribution in [3.8, 4) is 11.8 Å². The summed E-state index contributed by atoms with van der Waals surface area (Å²) in [5, 5.41) is 8.71. The number of benzene rings is 1. The fraction of sp³-hybridized carbons (Fsp3) is 0.429. The van der Waals surface area contributed by atoms with Crippen LogP contribution in [0.25, 0.3) is 0 Å². The molecule has 0 spiro atoms. The molecule has 0 heterocycles. The summed E-state index contributed by atoms with van der Waals surface area (Å²) in [5.74, 6) is 4.88. The van der Waals surface area contributed by atoms with Crippen LogP contribution in [0, 0.1) is 17.7 Å². The molecule has 1 atom stereocenters. The van der Waals surface area contributed by atoms with E-state index in [1.165, 1.54) is 6.07 Å². The quantitative estimate of drug-likeness (QED) is 0.777. The van der Waals surface area contributed by atoms with Crippen LogP contribution in [-0.2, 0) is 10.0 Å². The Morgan fingerprint density at radius 3 is 2.76 bits per heavy atom. The summed E-state index contributed by atoms with van der Waals surface area (Å²) in [6.45, 7) is 1.47. The van der Waals surface area contributed by atoms with Crippen LogP contribution in [-0.4, -0.2) is 38.2 Å². The van der Waals surface area contributed by atoms with Crippen LogP contribution in [0.1, 0.15) is 18.9 Å². The van der Waals surface area contributed by atoms with Gasteiger partial charge in [0.1, 0.15) is 12.4 Å². The minimum absolute atomic E-state index is 0.0376. The van der Waals surface area contributed by atoms with Crippen molar-refractivity contribution in [1.29, 1.82) is 0 Å². The average Bonchev–Trinajstić information content (AvgIpc) is 2.44. The summed E-state index contributed by atoms with van der Waals surface area (Å²) >= 11 is 1.54. The van der Waals surface area contributed by atoms with E-state index in [4.69, 9.17) is 5.11 Å². The highest BCUT2D eigenvalue weighted by molar-refractivity contribution is 7.98. The zero-order chi connectivity index (χ0) is 15.9. The number of sulfonamides is 1. The van der Waals surface area contributed by atoms with E-state index in [9.17, 15) is 12.8 Å². The maximum absolute atomic E-state index is 13.3. The van der Waals surface area contributed by atoms with Gasteiger partial charge >= 0.3 is 0 Å². The Morgan fingerprint density at radius 2 is 2.19 bits per heavy atom. The van der Waals surface area contributed by atoms with E-state index in [-0.39, 0.29) is 16.5 Å². The largest absolute Gasteiger partial charge is 0.384 e. The predicted octanol–water partition coefficient (Wildman–Crippen LogP) is 1.59. The molecule has 7 heteroatoms. The molecule has 1 aromatic carbocycles. The molecule has 0 aliphatic carbocycles. The van der Waals surface area contributed by atoms with Crippen molar-refractivity contribution < 1.29 is 17.9 Å². The molecule has 116 valence electrons. The van der Waals surface area contributed by atoms with Gasteiger partial charge in [-0.15, -0.1) is 0 Å². The monoisotopic (exact) mass is 331 g/mol. The molecule has 21 heavy (non-hydrogen) atoms. The number of rotatable bonds is 6. The number of thioether (sulfide) groups is 1. The van der Waals surface area contributed by atoms with Crippen molar-refractivity contribution in [2.24, 2.45) is 0 Å². The van der Waals surface area contributed by atoms with Crippen LogP contribution < -0.4 is 4.72 Å². The summed E-state index contributed by atoms with van der Waals surface area (Å²) in [7, 11) is -3.79. The first-order valence-electron chi connectivity index (χ1n) is 6.35. The third-order valence-corrected chi connectivity index (χ3v) is 5.03.